The maximum Gasteiger partial charge on any atom is 0.0705 e. The van der Waals surface area contributed by atoms with Crippen LogP contribution in [0.2, 0.25) is 0 Å². The number of rotatable bonds is 2. The van der Waals surface area contributed by atoms with Crippen LogP contribution in [-0.4, -0.2) is 18.1 Å². The highest BCUT2D eigenvalue weighted by molar-refractivity contribution is 5.63. The Balaban J connectivity index is 1.73. The summed E-state index contributed by atoms with van der Waals surface area (Å²) in [6.45, 7) is 11.8. The van der Waals surface area contributed by atoms with Crippen LogP contribution in [0.5, 0.6) is 0 Å². The van der Waals surface area contributed by atoms with Gasteiger partial charge in [0.05, 0.1) is 5.69 Å². The predicted octanol–water partition coefficient (Wildman–Crippen LogP) is 5.56. The number of nitrogens with one attached hydrogen (secondary N) is 1. The van der Waals surface area contributed by atoms with Gasteiger partial charge in [0.15, 0.2) is 0 Å². The van der Waals surface area contributed by atoms with Crippen molar-refractivity contribution in [1.29, 1.82) is 0 Å². The van der Waals surface area contributed by atoms with E-state index >= 15 is 0 Å². The number of benzene rings is 1. The van der Waals surface area contributed by atoms with Gasteiger partial charge in [0.2, 0.25) is 0 Å². The number of piperidine rings is 1. The van der Waals surface area contributed by atoms with Crippen molar-refractivity contribution in [2.75, 3.05) is 13.1 Å². The molecule has 0 radical (unpaired) electrons. The number of pyridine rings is 1. The van der Waals surface area contributed by atoms with Crippen molar-refractivity contribution in [2.45, 2.75) is 70.1 Å². The first-order valence-corrected chi connectivity index (χ1v) is 10.2. The predicted molar refractivity (Wildman–Crippen MR) is 110 cm³/mol. The van der Waals surface area contributed by atoms with Crippen LogP contribution in [0.3, 0.4) is 0 Å². The number of hydrogen-bond donors (Lipinski definition) is 1. The molecule has 0 saturated carbocycles. The first-order chi connectivity index (χ1) is 12.4. The van der Waals surface area contributed by atoms with Gasteiger partial charge in [-0.25, -0.2) is 0 Å². The number of aromatic nitrogens is 1. The summed E-state index contributed by atoms with van der Waals surface area (Å²) in [4.78, 5) is 5.07. The zero-order valence-corrected chi connectivity index (χ0v) is 16.7. The van der Waals surface area contributed by atoms with E-state index in [2.05, 4.69) is 69.4 Å². The molecule has 0 atom stereocenters. The first kappa shape index (κ1) is 17.7. The molecule has 4 rings (SSSR count). The second kappa shape index (κ2) is 6.49. The van der Waals surface area contributed by atoms with E-state index in [4.69, 9.17) is 4.98 Å². The summed E-state index contributed by atoms with van der Waals surface area (Å²) in [7, 11) is 0. The smallest absolute Gasteiger partial charge is 0.0705 e. The summed E-state index contributed by atoms with van der Waals surface area (Å²) in [5.41, 5.74) is 7.21. The third kappa shape index (κ3) is 3.20. The minimum atomic E-state index is 0.244. The minimum Gasteiger partial charge on any atom is -0.317 e. The molecule has 26 heavy (non-hydrogen) atoms. The van der Waals surface area contributed by atoms with Crippen LogP contribution in [0, 0.1) is 0 Å². The average molecular weight is 349 g/mol. The lowest BCUT2D eigenvalue weighted by Gasteiger charge is -2.42. The standard InChI is InChI=1S/C24H32N2/c1-23(2)12-13-24(3,4)20-16-18(8-9-19(20)23)22-7-5-6-21(26-22)17-10-14-25-15-11-17/h5-9,16-17,25H,10-15H2,1-4H3. The molecule has 0 bridgehead atoms. The van der Waals surface area contributed by atoms with Crippen LogP contribution in [0.15, 0.2) is 36.4 Å². The van der Waals surface area contributed by atoms with Crippen molar-refractivity contribution in [2.24, 2.45) is 0 Å². The fraction of sp³-hybridized carbons (Fsp3) is 0.542. The molecule has 1 saturated heterocycles. The molecule has 0 spiro atoms. The monoisotopic (exact) mass is 348 g/mol. The van der Waals surface area contributed by atoms with Gasteiger partial charge in [-0.2, -0.15) is 0 Å². The summed E-state index contributed by atoms with van der Waals surface area (Å²) in [6, 6.07) is 13.7. The zero-order valence-electron chi connectivity index (χ0n) is 16.7. The summed E-state index contributed by atoms with van der Waals surface area (Å²) >= 11 is 0. The number of nitrogens with zero attached hydrogens (tertiary/aromatic N) is 1. The molecule has 2 heterocycles. The Kier molecular flexibility index (Phi) is 4.43. The molecule has 1 aliphatic heterocycles. The molecule has 0 unspecified atom stereocenters. The lowest BCUT2D eigenvalue weighted by Crippen LogP contribution is -2.33. The van der Waals surface area contributed by atoms with Crippen molar-refractivity contribution >= 4 is 0 Å². The molecule has 2 aromatic rings. The highest BCUT2D eigenvalue weighted by Gasteiger charge is 2.37. The number of hydrogen-bond acceptors (Lipinski definition) is 2. The average Bonchev–Trinajstić information content (AvgIpc) is 2.66. The molecule has 1 aliphatic carbocycles. The summed E-state index contributed by atoms with van der Waals surface area (Å²) in [5, 5.41) is 3.45. The second-order valence-electron chi connectivity index (χ2n) is 9.50. The van der Waals surface area contributed by atoms with Gasteiger partial charge >= 0.3 is 0 Å². The van der Waals surface area contributed by atoms with Gasteiger partial charge in [-0.15, -0.1) is 0 Å². The Hall–Kier alpha value is -1.67. The lowest BCUT2D eigenvalue weighted by molar-refractivity contribution is 0.332. The number of fused-ring (bicyclic) bond motifs is 1. The quantitative estimate of drug-likeness (QED) is 0.768. The van der Waals surface area contributed by atoms with Crippen molar-refractivity contribution in [3.63, 3.8) is 0 Å². The Labute approximate surface area is 158 Å². The van der Waals surface area contributed by atoms with Crippen LogP contribution in [0.25, 0.3) is 11.3 Å². The lowest BCUT2D eigenvalue weighted by atomic mass is 9.63. The summed E-state index contributed by atoms with van der Waals surface area (Å²) in [6.07, 6.45) is 4.90. The van der Waals surface area contributed by atoms with E-state index in [-0.39, 0.29) is 10.8 Å². The summed E-state index contributed by atoms with van der Waals surface area (Å²) < 4.78 is 0. The fourth-order valence-electron chi connectivity index (χ4n) is 4.71. The highest BCUT2D eigenvalue weighted by atomic mass is 14.9. The minimum absolute atomic E-state index is 0.244. The Morgan fingerprint density at radius 3 is 2.31 bits per heavy atom. The van der Waals surface area contributed by atoms with E-state index in [0.717, 1.165) is 18.8 Å². The van der Waals surface area contributed by atoms with E-state index in [1.165, 1.54) is 48.1 Å². The van der Waals surface area contributed by atoms with Crippen LogP contribution in [0.4, 0.5) is 0 Å². The van der Waals surface area contributed by atoms with Gasteiger partial charge in [0.25, 0.3) is 0 Å². The van der Waals surface area contributed by atoms with Gasteiger partial charge in [-0.3, -0.25) is 4.98 Å². The van der Waals surface area contributed by atoms with Gasteiger partial charge in [-0.05, 0) is 78.9 Å². The van der Waals surface area contributed by atoms with E-state index in [1.807, 2.05) is 0 Å². The van der Waals surface area contributed by atoms with Gasteiger partial charge in [0, 0.05) is 17.2 Å². The highest BCUT2D eigenvalue weighted by Crippen LogP contribution is 2.46. The molecule has 2 nitrogen and oxygen atoms in total. The zero-order chi connectivity index (χ0) is 18.4. The van der Waals surface area contributed by atoms with E-state index < -0.39 is 0 Å². The van der Waals surface area contributed by atoms with Crippen molar-refractivity contribution in [3.8, 4) is 11.3 Å². The van der Waals surface area contributed by atoms with Crippen molar-refractivity contribution < 1.29 is 0 Å². The van der Waals surface area contributed by atoms with Crippen LogP contribution in [-0.2, 0) is 10.8 Å². The molecule has 138 valence electrons. The normalized spacial score (nSPS) is 22.0. The van der Waals surface area contributed by atoms with Crippen LogP contribution >= 0.6 is 0 Å². The van der Waals surface area contributed by atoms with Crippen molar-refractivity contribution in [3.05, 3.63) is 53.2 Å². The van der Waals surface area contributed by atoms with Crippen LogP contribution in [0.1, 0.15) is 76.1 Å². The van der Waals surface area contributed by atoms with Gasteiger partial charge < -0.3 is 5.32 Å². The fourth-order valence-corrected chi connectivity index (χ4v) is 4.71. The second-order valence-corrected chi connectivity index (χ2v) is 9.50. The molecule has 1 fully saturated rings. The molecule has 1 aromatic heterocycles. The first-order valence-electron chi connectivity index (χ1n) is 10.2. The van der Waals surface area contributed by atoms with E-state index in [0.29, 0.717) is 5.92 Å². The molecule has 1 N–H and O–H groups in total. The van der Waals surface area contributed by atoms with Crippen LogP contribution < -0.4 is 5.32 Å². The Morgan fingerprint density at radius 1 is 0.885 bits per heavy atom. The van der Waals surface area contributed by atoms with Gasteiger partial charge in [-0.1, -0.05) is 45.9 Å². The SMILES string of the molecule is CC1(C)CCC(C)(C)c2cc(-c3cccc(C4CCNCC4)n3)ccc21. The Morgan fingerprint density at radius 2 is 1.58 bits per heavy atom. The topological polar surface area (TPSA) is 24.9 Å². The summed E-state index contributed by atoms with van der Waals surface area (Å²) in [5.74, 6) is 0.601. The third-order valence-corrected chi connectivity index (χ3v) is 6.68. The van der Waals surface area contributed by atoms with Crippen molar-refractivity contribution in [1.82, 2.24) is 10.3 Å². The molecular formula is C24H32N2. The molecule has 1 aromatic carbocycles. The molecule has 2 aliphatic rings. The maximum atomic E-state index is 5.07. The maximum absolute atomic E-state index is 5.07. The Bertz CT molecular complexity index is 798. The van der Waals surface area contributed by atoms with Gasteiger partial charge in [0.1, 0.15) is 0 Å². The third-order valence-electron chi connectivity index (χ3n) is 6.68. The molecular weight excluding hydrogens is 316 g/mol. The van der Waals surface area contributed by atoms with E-state index in [9.17, 15) is 0 Å². The molecule has 0 amide bonds. The molecule has 2 heteroatoms. The van der Waals surface area contributed by atoms with E-state index in [1.54, 1.807) is 0 Å². The largest absolute Gasteiger partial charge is 0.317 e.